The molecule has 2 aromatic carbocycles. The van der Waals surface area contributed by atoms with Crippen LogP contribution in [0, 0.1) is 0 Å². The molecule has 2 aliphatic rings. The van der Waals surface area contributed by atoms with Crippen LogP contribution < -0.4 is 10.6 Å². The largest absolute Gasteiger partial charge is 0.390 e. The van der Waals surface area contributed by atoms with Crippen molar-refractivity contribution in [3.8, 4) is 0 Å². The molecular weight excluding hydrogens is 420 g/mol. The second-order valence-electron chi connectivity index (χ2n) is 8.61. The van der Waals surface area contributed by atoms with E-state index in [1.54, 1.807) is 34.1 Å². The molecule has 0 spiro atoms. The van der Waals surface area contributed by atoms with E-state index in [1.807, 2.05) is 12.1 Å². The van der Waals surface area contributed by atoms with Gasteiger partial charge in [-0.2, -0.15) is 0 Å². The van der Waals surface area contributed by atoms with E-state index in [0.717, 1.165) is 0 Å². The van der Waals surface area contributed by atoms with Gasteiger partial charge in [-0.1, -0.05) is 24.3 Å². The first-order chi connectivity index (χ1) is 15.9. The minimum Gasteiger partial charge on any atom is -0.390 e. The smallest absolute Gasteiger partial charge is 0.253 e. The van der Waals surface area contributed by atoms with Gasteiger partial charge >= 0.3 is 0 Å². The van der Waals surface area contributed by atoms with Crippen LogP contribution in [0.15, 0.2) is 48.5 Å². The van der Waals surface area contributed by atoms with E-state index >= 15 is 0 Å². The first-order valence-electron chi connectivity index (χ1n) is 11.3. The van der Waals surface area contributed by atoms with Crippen molar-refractivity contribution in [2.45, 2.75) is 32.0 Å². The molecule has 3 amide bonds. The van der Waals surface area contributed by atoms with Crippen molar-refractivity contribution >= 4 is 17.7 Å². The lowest BCUT2D eigenvalue weighted by molar-refractivity contribution is -0.130. The van der Waals surface area contributed by atoms with Gasteiger partial charge in [-0.05, 0) is 41.8 Å². The summed E-state index contributed by atoms with van der Waals surface area (Å²) in [4.78, 5) is 40.2. The fourth-order valence-electron chi connectivity index (χ4n) is 4.36. The van der Waals surface area contributed by atoms with Crippen LogP contribution in [-0.2, 0) is 17.8 Å². The number of piperazine rings is 1. The Balaban J connectivity index is 1.27. The van der Waals surface area contributed by atoms with E-state index in [2.05, 4.69) is 22.8 Å². The second-order valence-corrected chi connectivity index (χ2v) is 8.61. The number of amides is 3. The first kappa shape index (κ1) is 22.9. The fourth-order valence-corrected chi connectivity index (χ4v) is 4.36. The van der Waals surface area contributed by atoms with Gasteiger partial charge in [-0.3, -0.25) is 14.4 Å². The van der Waals surface area contributed by atoms with E-state index in [4.69, 9.17) is 0 Å². The number of carbonyl (C=O) groups excluding carboxylic acids is 3. The predicted octanol–water partition coefficient (Wildman–Crippen LogP) is 0.796. The Morgan fingerprint density at radius 2 is 1.58 bits per heavy atom. The zero-order chi connectivity index (χ0) is 23.4. The molecule has 174 valence electrons. The molecule has 8 heteroatoms. The Labute approximate surface area is 193 Å². The van der Waals surface area contributed by atoms with Crippen molar-refractivity contribution in [3.63, 3.8) is 0 Å². The molecule has 0 aromatic heterocycles. The Morgan fingerprint density at radius 1 is 0.970 bits per heavy atom. The van der Waals surface area contributed by atoms with Crippen LogP contribution >= 0.6 is 0 Å². The van der Waals surface area contributed by atoms with Crippen LogP contribution in [0.1, 0.15) is 38.8 Å². The van der Waals surface area contributed by atoms with Crippen LogP contribution in [0.5, 0.6) is 0 Å². The molecule has 0 bridgehead atoms. The van der Waals surface area contributed by atoms with Gasteiger partial charge in [0.2, 0.25) is 5.91 Å². The van der Waals surface area contributed by atoms with Crippen molar-refractivity contribution in [1.29, 1.82) is 0 Å². The van der Waals surface area contributed by atoms with E-state index in [9.17, 15) is 19.5 Å². The van der Waals surface area contributed by atoms with Gasteiger partial charge in [-0.25, -0.2) is 0 Å². The summed E-state index contributed by atoms with van der Waals surface area (Å²) < 4.78 is 0. The number of hydrogen-bond acceptors (Lipinski definition) is 5. The quantitative estimate of drug-likeness (QED) is 0.625. The number of carbonyl (C=O) groups is 3. The Bertz CT molecular complexity index is 1020. The summed E-state index contributed by atoms with van der Waals surface area (Å²) in [6.45, 7) is 4.43. The highest BCUT2D eigenvalue weighted by atomic mass is 16.3. The SMILES string of the molecule is CC(=O)N1CCN(C(=O)c2ccc(C(=O)NCC(O)C3Cc4ccccc4CN3)cc2)CC1. The molecule has 2 aliphatic heterocycles. The molecule has 8 nitrogen and oxygen atoms in total. The molecule has 3 N–H and O–H groups in total. The van der Waals surface area contributed by atoms with Gasteiger partial charge in [0, 0.05) is 63.4 Å². The molecule has 33 heavy (non-hydrogen) atoms. The lowest BCUT2D eigenvalue weighted by atomic mass is 9.93. The maximum absolute atomic E-state index is 12.7. The van der Waals surface area contributed by atoms with Gasteiger partial charge in [-0.15, -0.1) is 0 Å². The second kappa shape index (κ2) is 10.1. The minimum atomic E-state index is -0.711. The third kappa shape index (κ3) is 5.40. The van der Waals surface area contributed by atoms with E-state index in [1.165, 1.54) is 18.1 Å². The van der Waals surface area contributed by atoms with Crippen LogP contribution in [0.2, 0.25) is 0 Å². The van der Waals surface area contributed by atoms with Gasteiger partial charge in [0.25, 0.3) is 11.8 Å². The zero-order valence-electron chi connectivity index (χ0n) is 18.8. The number of aliphatic hydroxyl groups is 1. The summed E-state index contributed by atoms with van der Waals surface area (Å²) in [6, 6.07) is 14.6. The van der Waals surface area contributed by atoms with E-state index in [0.29, 0.717) is 50.3 Å². The summed E-state index contributed by atoms with van der Waals surface area (Å²) in [5.41, 5.74) is 3.39. The number of nitrogens with zero attached hydrogens (tertiary/aromatic N) is 2. The highest BCUT2D eigenvalue weighted by Gasteiger charge is 2.25. The highest BCUT2D eigenvalue weighted by molar-refractivity contribution is 5.98. The van der Waals surface area contributed by atoms with Crippen LogP contribution in [-0.4, -0.2) is 77.5 Å². The third-order valence-electron chi connectivity index (χ3n) is 6.46. The van der Waals surface area contributed by atoms with Gasteiger partial charge in [0.15, 0.2) is 0 Å². The topological polar surface area (TPSA) is 102 Å². The number of hydrogen-bond donors (Lipinski definition) is 3. The normalized spacial score (nSPS) is 18.9. The van der Waals surface area contributed by atoms with E-state index < -0.39 is 6.10 Å². The van der Waals surface area contributed by atoms with E-state index in [-0.39, 0.29) is 30.3 Å². The molecule has 0 radical (unpaired) electrons. The van der Waals surface area contributed by atoms with Gasteiger partial charge in [0.05, 0.1) is 6.10 Å². The maximum atomic E-state index is 12.7. The van der Waals surface area contributed by atoms with Crippen molar-refractivity contribution in [2.24, 2.45) is 0 Å². The average molecular weight is 451 g/mol. The summed E-state index contributed by atoms with van der Waals surface area (Å²) in [6.07, 6.45) is 0.00172. The van der Waals surface area contributed by atoms with Crippen molar-refractivity contribution in [1.82, 2.24) is 20.4 Å². The van der Waals surface area contributed by atoms with Crippen LogP contribution in [0.25, 0.3) is 0 Å². The minimum absolute atomic E-state index is 0.0201. The summed E-state index contributed by atoms with van der Waals surface area (Å²) >= 11 is 0. The first-order valence-corrected chi connectivity index (χ1v) is 11.3. The Hall–Kier alpha value is -3.23. The molecule has 0 saturated carbocycles. The van der Waals surface area contributed by atoms with Gasteiger partial charge in [0.1, 0.15) is 0 Å². The highest BCUT2D eigenvalue weighted by Crippen LogP contribution is 2.18. The fraction of sp³-hybridized carbons (Fsp3) is 0.400. The Kier molecular flexibility index (Phi) is 7.05. The number of nitrogens with one attached hydrogen (secondary N) is 2. The van der Waals surface area contributed by atoms with Crippen molar-refractivity contribution in [3.05, 3.63) is 70.8 Å². The molecule has 2 unspecified atom stereocenters. The standard InChI is InChI=1S/C25H30N4O4/c1-17(30)28-10-12-29(13-11-28)25(33)19-8-6-18(7-9-19)24(32)27-16-23(31)22-14-20-4-2-3-5-21(20)15-26-22/h2-9,22-23,26,31H,10-16H2,1H3,(H,27,32). The molecule has 0 aliphatic carbocycles. The lowest BCUT2D eigenvalue weighted by Gasteiger charge is -2.34. The van der Waals surface area contributed by atoms with Crippen molar-refractivity contribution < 1.29 is 19.5 Å². The van der Waals surface area contributed by atoms with Crippen LogP contribution in [0.3, 0.4) is 0 Å². The lowest BCUT2D eigenvalue weighted by Crippen LogP contribution is -2.50. The Morgan fingerprint density at radius 3 is 2.24 bits per heavy atom. The molecule has 2 aromatic rings. The molecule has 2 atom stereocenters. The summed E-state index contributed by atoms with van der Waals surface area (Å²) in [7, 11) is 0. The zero-order valence-corrected chi connectivity index (χ0v) is 18.8. The molecule has 4 rings (SSSR count). The number of fused-ring (bicyclic) bond motifs is 1. The molecule has 2 heterocycles. The van der Waals surface area contributed by atoms with Crippen LogP contribution in [0.4, 0.5) is 0 Å². The summed E-state index contributed by atoms with van der Waals surface area (Å²) in [5.74, 6) is -0.379. The molecular formula is C25H30N4O4. The molecule has 1 fully saturated rings. The summed E-state index contributed by atoms with van der Waals surface area (Å²) in [5, 5.41) is 16.7. The van der Waals surface area contributed by atoms with Crippen molar-refractivity contribution in [2.75, 3.05) is 32.7 Å². The number of rotatable bonds is 5. The average Bonchev–Trinajstić information content (AvgIpc) is 2.86. The number of benzene rings is 2. The third-order valence-corrected chi connectivity index (χ3v) is 6.46. The maximum Gasteiger partial charge on any atom is 0.253 e. The monoisotopic (exact) mass is 450 g/mol. The number of aliphatic hydroxyl groups excluding tert-OH is 1. The van der Waals surface area contributed by atoms with Gasteiger partial charge < -0.3 is 25.5 Å². The predicted molar refractivity (Wildman–Crippen MR) is 124 cm³/mol. The molecule has 1 saturated heterocycles.